The maximum atomic E-state index is 13.5. The van der Waals surface area contributed by atoms with Crippen LogP contribution in [-0.4, -0.2) is 66.3 Å². The fourth-order valence-corrected chi connectivity index (χ4v) is 4.37. The number of benzene rings is 2. The van der Waals surface area contributed by atoms with Crippen molar-refractivity contribution < 1.29 is 27.8 Å². The third-order valence-corrected chi connectivity index (χ3v) is 6.42. The van der Waals surface area contributed by atoms with Crippen LogP contribution in [0.25, 0.3) is 0 Å². The summed E-state index contributed by atoms with van der Waals surface area (Å²) in [4.78, 5) is 16.9. The molecule has 0 aliphatic carbocycles. The number of carbonyl (C=O) groups excluding carboxylic acids is 1. The Labute approximate surface area is 211 Å². The topological polar surface area (TPSA) is 65.0 Å². The van der Waals surface area contributed by atoms with Crippen LogP contribution in [-0.2, 0) is 35.2 Å². The van der Waals surface area contributed by atoms with Crippen molar-refractivity contribution in [1.82, 2.24) is 9.80 Å². The number of ether oxygens (including phenoxy) is 1. The number of methoxy groups -OCH3 is 1. The molecule has 36 heavy (non-hydrogen) atoms. The Morgan fingerprint density at radius 2 is 1.92 bits per heavy atom. The van der Waals surface area contributed by atoms with Gasteiger partial charge in [0.1, 0.15) is 0 Å². The van der Waals surface area contributed by atoms with E-state index in [0.717, 1.165) is 43.4 Å². The molecule has 198 valence electrons. The van der Waals surface area contributed by atoms with Crippen LogP contribution in [0.15, 0.2) is 42.5 Å². The molecule has 0 radical (unpaired) electrons. The summed E-state index contributed by atoms with van der Waals surface area (Å²) in [5.41, 5.74) is 1.43. The first-order valence-corrected chi connectivity index (χ1v) is 12.2. The minimum absolute atomic E-state index is 0.0299. The van der Waals surface area contributed by atoms with Gasteiger partial charge in [0, 0.05) is 45.5 Å². The second-order valence-electron chi connectivity index (χ2n) is 9.85. The molecule has 0 fully saturated rings. The Morgan fingerprint density at radius 3 is 2.61 bits per heavy atom. The van der Waals surface area contributed by atoms with Gasteiger partial charge in [0.15, 0.2) is 0 Å². The lowest BCUT2D eigenvalue weighted by atomic mass is 9.97. The van der Waals surface area contributed by atoms with Gasteiger partial charge in [-0.1, -0.05) is 30.3 Å². The quantitative estimate of drug-likeness (QED) is 0.475. The maximum absolute atomic E-state index is 13.5. The summed E-state index contributed by atoms with van der Waals surface area (Å²) in [7, 11) is 1.68. The van der Waals surface area contributed by atoms with Crippen LogP contribution in [0.3, 0.4) is 0 Å². The van der Waals surface area contributed by atoms with E-state index in [1.165, 1.54) is 28.7 Å². The summed E-state index contributed by atoms with van der Waals surface area (Å²) >= 11 is 0. The molecular formula is C27H36F3N3O3. The van der Waals surface area contributed by atoms with Gasteiger partial charge in [-0.2, -0.15) is 13.2 Å². The predicted molar refractivity (Wildman–Crippen MR) is 134 cm³/mol. The molecule has 0 aromatic heterocycles. The van der Waals surface area contributed by atoms with Crippen LogP contribution in [0.2, 0.25) is 0 Å². The van der Waals surface area contributed by atoms with E-state index in [2.05, 4.69) is 16.3 Å². The fourth-order valence-electron chi connectivity index (χ4n) is 4.37. The highest BCUT2D eigenvalue weighted by atomic mass is 19.4. The maximum Gasteiger partial charge on any atom is 0.416 e. The number of hydrogen-bond acceptors (Lipinski definition) is 5. The number of aliphatic hydroxyl groups is 1. The molecule has 6 nitrogen and oxygen atoms in total. The molecular weight excluding hydrogens is 471 g/mol. The van der Waals surface area contributed by atoms with Gasteiger partial charge in [-0.15, -0.1) is 0 Å². The second kappa shape index (κ2) is 12.1. The largest absolute Gasteiger partial charge is 0.416 e. The van der Waals surface area contributed by atoms with E-state index in [0.29, 0.717) is 6.61 Å². The van der Waals surface area contributed by atoms with Crippen molar-refractivity contribution in [3.63, 3.8) is 0 Å². The summed E-state index contributed by atoms with van der Waals surface area (Å²) in [5.74, 6) is -0.327. The van der Waals surface area contributed by atoms with Crippen LogP contribution in [0, 0.1) is 0 Å². The van der Waals surface area contributed by atoms with Crippen molar-refractivity contribution in [2.75, 3.05) is 45.2 Å². The van der Waals surface area contributed by atoms with Gasteiger partial charge < -0.3 is 20.1 Å². The fraction of sp³-hybridized carbons (Fsp3) is 0.519. The first kappa shape index (κ1) is 28.0. The van der Waals surface area contributed by atoms with E-state index in [1.807, 2.05) is 12.1 Å². The van der Waals surface area contributed by atoms with Crippen molar-refractivity contribution in [2.24, 2.45) is 0 Å². The van der Waals surface area contributed by atoms with Gasteiger partial charge in [-0.3, -0.25) is 9.69 Å². The standard InChI is InChI=1S/C27H36F3N3O3/c1-26(2,35)12-14-33(19-21-7-4-5-9-23(21)27(28,29)30)25(34)17-31-24-10-6-8-20-18-32(15-16-36-3)13-11-22(20)24/h4-10,31,35H,11-19H2,1-3H3. The Morgan fingerprint density at radius 1 is 1.17 bits per heavy atom. The number of fused-ring (bicyclic) bond motifs is 1. The molecule has 0 saturated carbocycles. The highest BCUT2D eigenvalue weighted by Gasteiger charge is 2.33. The molecule has 9 heteroatoms. The Bertz CT molecular complexity index is 1020. The van der Waals surface area contributed by atoms with Gasteiger partial charge in [0.05, 0.1) is 24.3 Å². The molecule has 2 N–H and O–H groups in total. The van der Waals surface area contributed by atoms with Crippen LogP contribution in [0.5, 0.6) is 0 Å². The second-order valence-corrected chi connectivity index (χ2v) is 9.85. The molecule has 0 bridgehead atoms. The van der Waals surface area contributed by atoms with Gasteiger partial charge in [-0.25, -0.2) is 0 Å². The molecule has 0 spiro atoms. The number of amides is 1. The Kier molecular flexibility index (Phi) is 9.38. The summed E-state index contributed by atoms with van der Waals surface area (Å²) in [5, 5.41) is 13.4. The zero-order valence-electron chi connectivity index (χ0n) is 21.2. The predicted octanol–water partition coefficient (Wildman–Crippen LogP) is 4.31. The third kappa shape index (κ3) is 7.94. The zero-order chi connectivity index (χ0) is 26.3. The van der Waals surface area contributed by atoms with Crippen LogP contribution in [0.1, 0.15) is 42.5 Å². The number of anilines is 1. The Hall–Kier alpha value is -2.62. The number of carbonyl (C=O) groups is 1. The van der Waals surface area contributed by atoms with Gasteiger partial charge in [0.2, 0.25) is 5.91 Å². The van der Waals surface area contributed by atoms with Crippen molar-refractivity contribution in [3.8, 4) is 0 Å². The van der Waals surface area contributed by atoms with Crippen molar-refractivity contribution in [2.45, 2.75) is 51.6 Å². The first-order chi connectivity index (χ1) is 17.0. The van der Waals surface area contributed by atoms with Gasteiger partial charge in [-0.05, 0) is 55.5 Å². The Balaban J connectivity index is 1.73. The number of nitrogens with one attached hydrogen (secondary N) is 1. The minimum Gasteiger partial charge on any atom is -0.390 e. The number of nitrogens with zero attached hydrogens (tertiary/aromatic N) is 2. The van der Waals surface area contributed by atoms with Gasteiger partial charge in [0.25, 0.3) is 0 Å². The molecule has 0 unspecified atom stereocenters. The molecule has 0 atom stereocenters. The highest BCUT2D eigenvalue weighted by Crippen LogP contribution is 2.32. The molecule has 2 aromatic rings. The van der Waals surface area contributed by atoms with E-state index >= 15 is 0 Å². The number of hydrogen-bond donors (Lipinski definition) is 2. The molecule has 1 aliphatic rings. The van der Waals surface area contributed by atoms with E-state index < -0.39 is 17.3 Å². The van der Waals surface area contributed by atoms with Gasteiger partial charge >= 0.3 is 6.18 Å². The van der Waals surface area contributed by atoms with Crippen molar-refractivity contribution in [3.05, 3.63) is 64.7 Å². The third-order valence-electron chi connectivity index (χ3n) is 6.42. The summed E-state index contributed by atoms with van der Waals surface area (Å²) in [6.45, 7) is 6.33. The monoisotopic (exact) mass is 507 g/mol. The van der Waals surface area contributed by atoms with E-state index in [-0.39, 0.29) is 37.5 Å². The highest BCUT2D eigenvalue weighted by molar-refractivity contribution is 5.81. The SMILES string of the molecule is COCCN1CCc2c(cccc2NCC(=O)N(CCC(C)(C)O)Cc2ccccc2C(F)(F)F)C1. The lowest BCUT2D eigenvalue weighted by Crippen LogP contribution is -2.39. The normalized spacial score (nSPS) is 14.4. The average Bonchev–Trinajstić information content (AvgIpc) is 2.82. The lowest BCUT2D eigenvalue weighted by Gasteiger charge is -2.30. The molecule has 3 rings (SSSR count). The molecule has 2 aromatic carbocycles. The average molecular weight is 508 g/mol. The zero-order valence-corrected chi connectivity index (χ0v) is 21.2. The van der Waals surface area contributed by atoms with E-state index in [4.69, 9.17) is 4.74 Å². The van der Waals surface area contributed by atoms with E-state index in [9.17, 15) is 23.1 Å². The van der Waals surface area contributed by atoms with Crippen LogP contribution >= 0.6 is 0 Å². The van der Waals surface area contributed by atoms with E-state index in [1.54, 1.807) is 21.0 Å². The summed E-state index contributed by atoms with van der Waals surface area (Å²) in [6.07, 6.45) is -3.44. The minimum atomic E-state index is -4.51. The number of alkyl halides is 3. The van der Waals surface area contributed by atoms with Crippen LogP contribution in [0.4, 0.5) is 18.9 Å². The lowest BCUT2D eigenvalue weighted by molar-refractivity contribution is -0.139. The number of halogens is 3. The van der Waals surface area contributed by atoms with Crippen LogP contribution < -0.4 is 5.32 Å². The summed E-state index contributed by atoms with van der Waals surface area (Å²) in [6, 6.07) is 11.2. The number of rotatable bonds is 11. The molecule has 0 saturated heterocycles. The molecule has 1 aliphatic heterocycles. The smallest absolute Gasteiger partial charge is 0.390 e. The summed E-state index contributed by atoms with van der Waals surface area (Å²) < 4.78 is 45.8. The first-order valence-electron chi connectivity index (χ1n) is 12.2. The van der Waals surface area contributed by atoms with Crippen molar-refractivity contribution >= 4 is 11.6 Å². The van der Waals surface area contributed by atoms with Crippen molar-refractivity contribution in [1.29, 1.82) is 0 Å². The molecule has 1 heterocycles. The molecule has 1 amide bonds.